The summed E-state index contributed by atoms with van der Waals surface area (Å²) in [6.07, 6.45) is 5.91. The Labute approximate surface area is 137 Å². The summed E-state index contributed by atoms with van der Waals surface area (Å²) in [6.45, 7) is 0. The van der Waals surface area contributed by atoms with Gasteiger partial charge >= 0.3 is 0 Å². The van der Waals surface area contributed by atoms with Crippen molar-refractivity contribution in [2.75, 3.05) is 4.90 Å². The van der Waals surface area contributed by atoms with E-state index >= 15 is 0 Å². The molecule has 5 rings (SSSR count). The van der Waals surface area contributed by atoms with Crippen molar-refractivity contribution in [3.8, 4) is 0 Å². The van der Waals surface area contributed by atoms with Crippen molar-refractivity contribution in [1.82, 2.24) is 0 Å². The van der Waals surface area contributed by atoms with Crippen LogP contribution in [0.1, 0.15) is 23.2 Å². The number of allylic oxidation sites excluding steroid dienone is 2. The summed E-state index contributed by atoms with van der Waals surface area (Å²) in [7, 11) is 0. The van der Waals surface area contributed by atoms with Crippen LogP contribution in [0.25, 0.3) is 0 Å². The van der Waals surface area contributed by atoms with Gasteiger partial charge in [-0.25, -0.2) is 4.90 Å². The van der Waals surface area contributed by atoms with Crippen molar-refractivity contribution in [3.63, 3.8) is 0 Å². The van der Waals surface area contributed by atoms with Crippen LogP contribution in [-0.2, 0) is 9.59 Å². The Balaban J connectivity index is 1.76. The highest BCUT2D eigenvalue weighted by Gasteiger charge is 2.56. The number of carboxylic acid groups (broad SMARTS) is 1. The standard InChI is InChI=1S/C17H14ClNO4/c18-12-6-5-10(7-11(12)17(22)23)19-15(20)13-8-1-2-9(4-3-8)14(13)16(19)21/h1-2,5-9,13-14H,3-4H2,(H,22,23)/p-1/t8-,9-,13-,14+/m1/s1. The lowest BCUT2D eigenvalue weighted by Gasteiger charge is -2.38. The van der Waals surface area contributed by atoms with Crippen LogP contribution in [0.4, 0.5) is 5.69 Å². The molecule has 0 unspecified atom stereocenters. The quantitative estimate of drug-likeness (QED) is 0.606. The monoisotopic (exact) mass is 330 g/mol. The van der Waals surface area contributed by atoms with Gasteiger partial charge in [-0.05, 0) is 42.9 Å². The zero-order valence-corrected chi connectivity index (χ0v) is 12.8. The Morgan fingerprint density at radius 3 is 2.13 bits per heavy atom. The third kappa shape index (κ3) is 1.96. The van der Waals surface area contributed by atoms with E-state index in [-0.39, 0.29) is 51.8 Å². The highest BCUT2D eigenvalue weighted by Crippen LogP contribution is 2.50. The molecule has 6 heteroatoms. The number of anilines is 1. The molecule has 1 saturated carbocycles. The predicted octanol–water partition coefficient (Wildman–Crippen LogP) is 1.41. The second-order valence-corrected chi connectivity index (χ2v) is 6.71. The predicted molar refractivity (Wildman–Crippen MR) is 80.6 cm³/mol. The number of amides is 2. The third-order valence-electron chi connectivity index (χ3n) is 5.19. The molecule has 0 N–H and O–H groups in total. The molecule has 2 bridgehead atoms. The second-order valence-electron chi connectivity index (χ2n) is 6.31. The van der Waals surface area contributed by atoms with Gasteiger partial charge in [-0.1, -0.05) is 23.8 Å². The molecule has 118 valence electrons. The van der Waals surface area contributed by atoms with Gasteiger partial charge in [-0.15, -0.1) is 0 Å². The molecule has 1 aliphatic heterocycles. The minimum atomic E-state index is -1.44. The number of nitrogens with zero attached hydrogens (tertiary/aromatic N) is 1. The summed E-state index contributed by atoms with van der Waals surface area (Å²) in [5.74, 6) is -2.38. The minimum Gasteiger partial charge on any atom is -0.545 e. The van der Waals surface area contributed by atoms with Gasteiger partial charge in [0.25, 0.3) is 0 Å². The lowest BCUT2D eigenvalue weighted by molar-refractivity contribution is -0.255. The van der Waals surface area contributed by atoms with Crippen molar-refractivity contribution in [3.05, 3.63) is 40.9 Å². The fourth-order valence-electron chi connectivity index (χ4n) is 4.14. The summed E-state index contributed by atoms with van der Waals surface area (Å²) < 4.78 is 0. The van der Waals surface area contributed by atoms with Crippen LogP contribution in [0.15, 0.2) is 30.4 Å². The minimum absolute atomic E-state index is 0.0204. The number of imide groups is 1. The summed E-state index contributed by atoms with van der Waals surface area (Å²) in [5, 5.41) is 11.1. The Kier molecular flexibility index (Phi) is 3.10. The molecule has 4 aliphatic rings. The van der Waals surface area contributed by atoms with Crippen LogP contribution in [0.3, 0.4) is 0 Å². The largest absolute Gasteiger partial charge is 0.545 e. The first-order valence-electron chi connectivity index (χ1n) is 7.56. The molecule has 1 heterocycles. The number of hydrogen-bond donors (Lipinski definition) is 0. The lowest BCUT2D eigenvalue weighted by Crippen LogP contribution is -2.38. The van der Waals surface area contributed by atoms with E-state index in [1.807, 2.05) is 12.2 Å². The average molecular weight is 331 g/mol. The van der Waals surface area contributed by atoms with Gasteiger partial charge in [-0.3, -0.25) is 9.59 Å². The lowest BCUT2D eigenvalue weighted by atomic mass is 9.63. The molecule has 4 atom stereocenters. The van der Waals surface area contributed by atoms with Gasteiger partial charge in [0.05, 0.1) is 23.5 Å². The van der Waals surface area contributed by atoms with Crippen LogP contribution in [0.2, 0.25) is 5.02 Å². The first-order chi connectivity index (χ1) is 11.0. The zero-order valence-electron chi connectivity index (χ0n) is 12.1. The molecule has 1 saturated heterocycles. The molecule has 0 radical (unpaired) electrons. The Bertz CT molecular complexity index is 740. The Morgan fingerprint density at radius 1 is 1.09 bits per heavy atom. The van der Waals surface area contributed by atoms with Crippen molar-refractivity contribution in [2.45, 2.75) is 12.8 Å². The molecule has 23 heavy (non-hydrogen) atoms. The van der Waals surface area contributed by atoms with E-state index in [0.29, 0.717) is 0 Å². The fraction of sp³-hybridized carbons (Fsp3) is 0.353. The number of rotatable bonds is 2. The number of carboxylic acids is 1. The number of carbonyl (C=O) groups excluding carboxylic acids is 3. The maximum absolute atomic E-state index is 12.8. The van der Waals surface area contributed by atoms with Crippen LogP contribution in [-0.4, -0.2) is 17.8 Å². The SMILES string of the molecule is O=C([O-])c1cc(N2C(=O)[C@@H]3[C@H](C2=O)[C@@H]2C=C[C@@H]3CC2)ccc1Cl. The smallest absolute Gasteiger partial charge is 0.238 e. The molecular formula is C17H13ClNO4-. The molecule has 1 aromatic rings. The van der Waals surface area contributed by atoms with Crippen LogP contribution >= 0.6 is 11.6 Å². The van der Waals surface area contributed by atoms with E-state index in [1.54, 1.807) is 0 Å². The fourth-order valence-corrected chi connectivity index (χ4v) is 4.33. The summed E-state index contributed by atoms with van der Waals surface area (Å²) in [5.41, 5.74) is 0.0261. The van der Waals surface area contributed by atoms with Gasteiger partial charge < -0.3 is 9.90 Å². The van der Waals surface area contributed by atoms with E-state index in [4.69, 9.17) is 11.6 Å². The second kappa shape index (κ2) is 4.93. The van der Waals surface area contributed by atoms with E-state index in [1.165, 1.54) is 18.2 Å². The maximum atomic E-state index is 12.8. The van der Waals surface area contributed by atoms with Crippen molar-refractivity contribution in [2.24, 2.45) is 23.7 Å². The normalized spacial score (nSPS) is 31.6. The van der Waals surface area contributed by atoms with Crippen molar-refractivity contribution >= 4 is 35.1 Å². The molecule has 2 fully saturated rings. The Morgan fingerprint density at radius 2 is 1.65 bits per heavy atom. The van der Waals surface area contributed by atoms with Crippen LogP contribution in [0, 0.1) is 23.7 Å². The number of benzene rings is 1. The molecule has 3 aliphatic carbocycles. The van der Waals surface area contributed by atoms with E-state index in [2.05, 4.69) is 0 Å². The van der Waals surface area contributed by atoms with E-state index in [0.717, 1.165) is 17.7 Å². The van der Waals surface area contributed by atoms with Gasteiger partial charge in [0.2, 0.25) is 11.8 Å². The van der Waals surface area contributed by atoms with Gasteiger partial charge in [-0.2, -0.15) is 0 Å². The highest BCUT2D eigenvalue weighted by atomic mass is 35.5. The van der Waals surface area contributed by atoms with Gasteiger partial charge in [0.15, 0.2) is 0 Å². The summed E-state index contributed by atoms with van der Waals surface area (Å²) in [6, 6.07) is 4.11. The van der Waals surface area contributed by atoms with Gasteiger partial charge in [0, 0.05) is 10.6 Å². The summed E-state index contributed by atoms with van der Waals surface area (Å²) in [4.78, 5) is 37.8. The topological polar surface area (TPSA) is 77.5 Å². The molecule has 0 spiro atoms. The number of fused-ring (bicyclic) bond motifs is 1. The molecule has 5 nitrogen and oxygen atoms in total. The molecular weight excluding hydrogens is 318 g/mol. The molecule has 2 amide bonds. The molecule has 0 aromatic heterocycles. The third-order valence-corrected chi connectivity index (χ3v) is 5.52. The summed E-state index contributed by atoms with van der Waals surface area (Å²) >= 11 is 5.83. The highest BCUT2D eigenvalue weighted by molar-refractivity contribution is 6.33. The number of aromatic carboxylic acids is 1. The van der Waals surface area contributed by atoms with E-state index < -0.39 is 5.97 Å². The van der Waals surface area contributed by atoms with Crippen molar-refractivity contribution in [1.29, 1.82) is 0 Å². The maximum Gasteiger partial charge on any atom is 0.238 e. The number of halogens is 1. The number of carbonyl (C=O) groups is 3. The first kappa shape index (κ1) is 14.5. The van der Waals surface area contributed by atoms with E-state index in [9.17, 15) is 19.5 Å². The molecule has 1 aromatic carbocycles. The van der Waals surface area contributed by atoms with Crippen LogP contribution < -0.4 is 10.0 Å². The van der Waals surface area contributed by atoms with Gasteiger partial charge in [0.1, 0.15) is 0 Å². The first-order valence-corrected chi connectivity index (χ1v) is 7.94. The zero-order chi connectivity index (χ0) is 16.3. The van der Waals surface area contributed by atoms with Crippen LogP contribution in [0.5, 0.6) is 0 Å². The van der Waals surface area contributed by atoms with Crippen molar-refractivity contribution < 1.29 is 19.5 Å². The average Bonchev–Trinajstić information content (AvgIpc) is 2.83. The Hall–Kier alpha value is -2.14. The number of hydrogen-bond acceptors (Lipinski definition) is 4.